The zero-order valence-corrected chi connectivity index (χ0v) is 6.84. The summed E-state index contributed by atoms with van der Waals surface area (Å²) in [5.74, 6) is 0.231. The first-order valence-electron chi connectivity index (χ1n) is 4.22. The van der Waals surface area contributed by atoms with Gasteiger partial charge in [0.05, 0.1) is 0 Å². The Kier molecular flexibility index (Phi) is 1.64. The lowest BCUT2D eigenvalue weighted by Gasteiger charge is -2.15. The van der Waals surface area contributed by atoms with Crippen molar-refractivity contribution in [1.82, 2.24) is 5.32 Å². The Hall–Kier alpha value is -1.25. The molecule has 0 bridgehead atoms. The predicted molar refractivity (Wildman–Crippen MR) is 46.1 cm³/mol. The number of nitrogens with one attached hydrogen (secondary N) is 1. The van der Waals surface area contributed by atoms with Crippen molar-refractivity contribution in [3.63, 3.8) is 0 Å². The van der Waals surface area contributed by atoms with Crippen molar-refractivity contribution < 1.29 is 4.79 Å². The van der Waals surface area contributed by atoms with Crippen molar-refractivity contribution in [2.45, 2.75) is 12.8 Å². The maximum absolute atomic E-state index is 10.8. The third-order valence-electron chi connectivity index (χ3n) is 2.51. The van der Waals surface area contributed by atoms with Gasteiger partial charge in [-0.25, -0.2) is 0 Å². The summed E-state index contributed by atoms with van der Waals surface area (Å²) in [7, 11) is 0. The minimum absolute atomic E-state index is 0.280. The summed E-state index contributed by atoms with van der Waals surface area (Å²) in [6.45, 7) is 1.02. The molecule has 3 nitrogen and oxygen atoms in total. The summed E-state index contributed by atoms with van der Waals surface area (Å²) in [5, 5.41) is 3.28. The average molecular weight is 164 g/mol. The molecule has 12 heavy (non-hydrogen) atoms. The molecule has 1 atom stereocenters. The standard InChI is InChI=1S/C9H12N2O/c10-9(12)7-1-2-8-6(5-7)3-4-11-8/h1-2,6,11H,3-5H2,(H2,10,12). The van der Waals surface area contributed by atoms with E-state index in [9.17, 15) is 4.79 Å². The molecule has 1 amide bonds. The number of rotatable bonds is 1. The summed E-state index contributed by atoms with van der Waals surface area (Å²) in [6, 6.07) is 0. The molecule has 3 N–H and O–H groups in total. The van der Waals surface area contributed by atoms with Crippen molar-refractivity contribution >= 4 is 5.91 Å². The van der Waals surface area contributed by atoms with Gasteiger partial charge in [-0.1, -0.05) is 6.08 Å². The van der Waals surface area contributed by atoms with Gasteiger partial charge >= 0.3 is 0 Å². The molecule has 64 valence electrons. The van der Waals surface area contributed by atoms with E-state index < -0.39 is 0 Å². The van der Waals surface area contributed by atoms with Gasteiger partial charge in [-0.05, 0) is 18.9 Å². The Balaban J connectivity index is 2.20. The number of amides is 1. The second kappa shape index (κ2) is 2.66. The second-order valence-electron chi connectivity index (χ2n) is 3.29. The Bertz CT molecular complexity index is 278. The van der Waals surface area contributed by atoms with Crippen LogP contribution in [0.15, 0.2) is 23.4 Å². The molecule has 0 saturated carbocycles. The minimum Gasteiger partial charge on any atom is -0.388 e. The molecule has 2 aliphatic rings. The highest BCUT2D eigenvalue weighted by molar-refractivity contribution is 5.92. The van der Waals surface area contributed by atoms with E-state index in [0.29, 0.717) is 5.92 Å². The van der Waals surface area contributed by atoms with Gasteiger partial charge in [-0.3, -0.25) is 4.79 Å². The van der Waals surface area contributed by atoms with E-state index in [2.05, 4.69) is 5.32 Å². The maximum atomic E-state index is 10.8. The number of nitrogens with two attached hydrogens (primary N) is 1. The van der Waals surface area contributed by atoms with Crippen LogP contribution in [0.1, 0.15) is 12.8 Å². The van der Waals surface area contributed by atoms with Crippen molar-refractivity contribution in [3.05, 3.63) is 23.4 Å². The van der Waals surface area contributed by atoms with Crippen LogP contribution in [0.25, 0.3) is 0 Å². The van der Waals surface area contributed by atoms with E-state index in [4.69, 9.17) is 5.73 Å². The largest absolute Gasteiger partial charge is 0.388 e. The van der Waals surface area contributed by atoms with Crippen LogP contribution in [-0.4, -0.2) is 12.5 Å². The first-order chi connectivity index (χ1) is 5.77. The van der Waals surface area contributed by atoms with Crippen molar-refractivity contribution in [2.24, 2.45) is 11.7 Å². The van der Waals surface area contributed by atoms with Gasteiger partial charge in [0.25, 0.3) is 0 Å². The second-order valence-corrected chi connectivity index (χ2v) is 3.29. The van der Waals surface area contributed by atoms with Crippen LogP contribution >= 0.6 is 0 Å². The zero-order chi connectivity index (χ0) is 8.55. The average Bonchev–Trinajstić information content (AvgIpc) is 2.49. The van der Waals surface area contributed by atoms with Crippen molar-refractivity contribution in [3.8, 4) is 0 Å². The third kappa shape index (κ3) is 1.11. The van der Waals surface area contributed by atoms with Gasteiger partial charge < -0.3 is 11.1 Å². The van der Waals surface area contributed by atoms with E-state index in [1.165, 1.54) is 5.70 Å². The molecular weight excluding hydrogens is 152 g/mol. The Morgan fingerprint density at radius 1 is 1.58 bits per heavy atom. The molecular formula is C9H12N2O. The van der Waals surface area contributed by atoms with Crippen LogP contribution < -0.4 is 11.1 Å². The maximum Gasteiger partial charge on any atom is 0.244 e. The molecule has 0 spiro atoms. The van der Waals surface area contributed by atoms with Crippen LogP contribution in [0.5, 0.6) is 0 Å². The van der Waals surface area contributed by atoms with Crippen LogP contribution in [0.2, 0.25) is 0 Å². The first kappa shape index (κ1) is 7.40. The lowest BCUT2D eigenvalue weighted by atomic mass is 9.91. The van der Waals surface area contributed by atoms with E-state index >= 15 is 0 Å². The van der Waals surface area contributed by atoms with Crippen molar-refractivity contribution in [1.29, 1.82) is 0 Å². The summed E-state index contributed by atoms with van der Waals surface area (Å²) < 4.78 is 0. The van der Waals surface area contributed by atoms with Crippen LogP contribution in [-0.2, 0) is 4.79 Å². The molecule has 2 rings (SSSR count). The molecule has 1 aliphatic carbocycles. The number of allylic oxidation sites excluding steroid dienone is 3. The molecule has 1 heterocycles. The number of fused-ring (bicyclic) bond motifs is 1. The number of primary amides is 1. The fourth-order valence-corrected chi connectivity index (χ4v) is 1.80. The van der Waals surface area contributed by atoms with Crippen LogP contribution in [0, 0.1) is 5.92 Å². The molecule has 1 unspecified atom stereocenters. The molecule has 1 aliphatic heterocycles. The monoisotopic (exact) mass is 164 g/mol. The Morgan fingerprint density at radius 3 is 3.17 bits per heavy atom. The number of carbonyl (C=O) groups is 1. The summed E-state index contributed by atoms with van der Waals surface area (Å²) >= 11 is 0. The summed E-state index contributed by atoms with van der Waals surface area (Å²) in [4.78, 5) is 10.8. The fourth-order valence-electron chi connectivity index (χ4n) is 1.80. The topological polar surface area (TPSA) is 55.1 Å². The zero-order valence-electron chi connectivity index (χ0n) is 6.84. The van der Waals surface area contributed by atoms with Gasteiger partial charge in [0.1, 0.15) is 0 Å². The van der Waals surface area contributed by atoms with E-state index in [-0.39, 0.29) is 5.91 Å². The normalized spacial score (nSPS) is 26.8. The highest BCUT2D eigenvalue weighted by atomic mass is 16.1. The van der Waals surface area contributed by atoms with Crippen molar-refractivity contribution in [2.75, 3.05) is 6.54 Å². The van der Waals surface area contributed by atoms with Crippen LogP contribution in [0.3, 0.4) is 0 Å². The quantitative estimate of drug-likeness (QED) is 0.585. The Morgan fingerprint density at radius 2 is 2.42 bits per heavy atom. The van der Waals surface area contributed by atoms with E-state index in [1.54, 1.807) is 0 Å². The van der Waals surface area contributed by atoms with E-state index in [1.807, 2.05) is 12.2 Å². The highest BCUT2D eigenvalue weighted by Crippen LogP contribution is 2.29. The van der Waals surface area contributed by atoms with Gasteiger partial charge in [-0.15, -0.1) is 0 Å². The number of hydrogen-bond donors (Lipinski definition) is 2. The SMILES string of the molecule is NC(=O)C1=CC=C2NCCC2C1. The number of carbonyl (C=O) groups excluding carboxylic acids is 1. The fraction of sp³-hybridized carbons (Fsp3) is 0.444. The van der Waals surface area contributed by atoms with E-state index in [0.717, 1.165) is 25.0 Å². The highest BCUT2D eigenvalue weighted by Gasteiger charge is 2.25. The molecule has 0 radical (unpaired) electrons. The summed E-state index contributed by atoms with van der Waals surface area (Å²) in [5.41, 5.74) is 7.21. The van der Waals surface area contributed by atoms with Gasteiger partial charge in [-0.2, -0.15) is 0 Å². The molecule has 0 aromatic rings. The number of hydrogen-bond acceptors (Lipinski definition) is 2. The lowest BCUT2D eigenvalue weighted by molar-refractivity contribution is -0.114. The Labute approximate surface area is 71.3 Å². The van der Waals surface area contributed by atoms with Gasteiger partial charge in [0.15, 0.2) is 0 Å². The predicted octanol–water partition coefficient (Wildman–Crippen LogP) is 0.295. The molecule has 1 saturated heterocycles. The minimum atomic E-state index is -0.280. The first-order valence-corrected chi connectivity index (χ1v) is 4.22. The third-order valence-corrected chi connectivity index (χ3v) is 2.51. The molecule has 1 fully saturated rings. The molecule has 0 aromatic carbocycles. The molecule has 0 aromatic heterocycles. The summed E-state index contributed by atoms with van der Waals surface area (Å²) in [6.07, 6.45) is 5.73. The lowest BCUT2D eigenvalue weighted by Crippen LogP contribution is -2.19. The van der Waals surface area contributed by atoms with Gasteiger partial charge in [0.2, 0.25) is 5.91 Å². The van der Waals surface area contributed by atoms with Gasteiger partial charge in [0, 0.05) is 23.7 Å². The smallest absolute Gasteiger partial charge is 0.244 e. The van der Waals surface area contributed by atoms with Crippen LogP contribution in [0.4, 0.5) is 0 Å². The molecule has 3 heteroatoms.